The molecule has 0 heterocycles. The van der Waals surface area contributed by atoms with Crippen molar-refractivity contribution in [1.29, 1.82) is 0 Å². The second kappa shape index (κ2) is 12.1. The van der Waals surface area contributed by atoms with E-state index in [1.807, 2.05) is 24.0 Å². The molecule has 0 aliphatic heterocycles. The van der Waals surface area contributed by atoms with Crippen molar-refractivity contribution < 1.29 is 9.53 Å². The number of ether oxygens (including phenoxy) is 1. The van der Waals surface area contributed by atoms with Gasteiger partial charge in [0.2, 0.25) is 12.2 Å². The lowest BCUT2D eigenvalue weighted by atomic mass is 10.2. The molecule has 7 heteroatoms. The van der Waals surface area contributed by atoms with E-state index in [9.17, 15) is 4.79 Å². The van der Waals surface area contributed by atoms with Gasteiger partial charge in [-0.3, -0.25) is 4.79 Å². The van der Waals surface area contributed by atoms with E-state index in [1.54, 1.807) is 12.1 Å². The third-order valence-corrected chi connectivity index (χ3v) is 3.16. The standard InChI is InChI=1S/C17H21ClN4O2/c1-3-24-12-11-22(10-9-20-14-23)17(21-19-2)8-7-15-5-4-6-16(18)13-15/h4-6,13-14H,2-3,9-12H2,1H3,(H,20,23)/b21-17-. The summed E-state index contributed by atoms with van der Waals surface area (Å²) in [6, 6.07) is 7.24. The van der Waals surface area contributed by atoms with Gasteiger partial charge in [0.15, 0.2) is 0 Å². The number of carbonyl (C=O) groups is 1. The quantitative estimate of drug-likeness (QED) is 0.185. The first-order valence-corrected chi connectivity index (χ1v) is 7.90. The van der Waals surface area contributed by atoms with Crippen LogP contribution in [0.4, 0.5) is 0 Å². The molecule has 1 N–H and O–H groups in total. The number of carbonyl (C=O) groups excluding carboxylic acids is 1. The highest BCUT2D eigenvalue weighted by Crippen LogP contribution is 2.09. The molecule has 1 amide bonds. The Labute approximate surface area is 147 Å². The molecule has 0 aliphatic rings. The molecule has 0 bridgehead atoms. The summed E-state index contributed by atoms with van der Waals surface area (Å²) in [4.78, 5) is 12.3. The van der Waals surface area contributed by atoms with Gasteiger partial charge in [0.05, 0.1) is 6.61 Å². The van der Waals surface area contributed by atoms with Crippen LogP contribution in [0.15, 0.2) is 34.5 Å². The maximum absolute atomic E-state index is 10.4. The Hall–Kier alpha value is -2.36. The minimum absolute atomic E-state index is 0.456. The van der Waals surface area contributed by atoms with Crippen molar-refractivity contribution in [2.45, 2.75) is 6.92 Å². The Morgan fingerprint density at radius 3 is 3.00 bits per heavy atom. The number of benzene rings is 1. The van der Waals surface area contributed by atoms with Gasteiger partial charge >= 0.3 is 0 Å². The van der Waals surface area contributed by atoms with Gasteiger partial charge in [-0.2, -0.15) is 5.10 Å². The van der Waals surface area contributed by atoms with E-state index in [4.69, 9.17) is 16.3 Å². The lowest BCUT2D eigenvalue weighted by Gasteiger charge is -2.22. The first-order chi connectivity index (χ1) is 11.7. The van der Waals surface area contributed by atoms with Gasteiger partial charge < -0.3 is 15.0 Å². The predicted octanol–water partition coefficient (Wildman–Crippen LogP) is 1.79. The van der Waals surface area contributed by atoms with Crippen molar-refractivity contribution in [3.63, 3.8) is 0 Å². The topological polar surface area (TPSA) is 66.3 Å². The summed E-state index contributed by atoms with van der Waals surface area (Å²) in [7, 11) is 0. The largest absolute Gasteiger partial charge is 0.380 e. The van der Waals surface area contributed by atoms with E-state index in [1.165, 1.54) is 0 Å². The number of nitrogens with zero attached hydrogens (tertiary/aromatic N) is 3. The van der Waals surface area contributed by atoms with Crippen LogP contribution in [0.2, 0.25) is 5.02 Å². The zero-order chi connectivity index (χ0) is 17.6. The van der Waals surface area contributed by atoms with Gasteiger partial charge in [-0.15, -0.1) is 5.10 Å². The Bertz CT molecular complexity index is 623. The third-order valence-electron chi connectivity index (χ3n) is 2.93. The van der Waals surface area contributed by atoms with Gasteiger partial charge in [-0.05, 0) is 31.0 Å². The molecule has 0 saturated carbocycles. The average molecular weight is 349 g/mol. The molecule has 128 valence electrons. The predicted molar refractivity (Wildman–Crippen MR) is 97.4 cm³/mol. The smallest absolute Gasteiger partial charge is 0.207 e. The first-order valence-electron chi connectivity index (χ1n) is 7.52. The summed E-state index contributed by atoms with van der Waals surface area (Å²) in [6.07, 6.45) is 0.654. The van der Waals surface area contributed by atoms with Crippen molar-refractivity contribution in [1.82, 2.24) is 10.2 Å². The zero-order valence-corrected chi connectivity index (χ0v) is 14.4. The number of amides is 1. The SMILES string of the molecule is C=N/N=C(/C#Cc1cccc(Cl)c1)N(CCNC=O)CCOCC. The fraction of sp³-hybridized carbons (Fsp3) is 0.353. The Balaban J connectivity index is 2.91. The van der Waals surface area contributed by atoms with Crippen LogP contribution >= 0.6 is 11.6 Å². The fourth-order valence-corrected chi connectivity index (χ4v) is 2.02. The van der Waals surface area contributed by atoms with Gasteiger partial charge in [0, 0.05) is 43.5 Å². The second-order valence-electron chi connectivity index (χ2n) is 4.58. The fourth-order valence-electron chi connectivity index (χ4n) is 1.83. The molecule has 24 heavy (non-hydrogen) atoms. The van der Waals surface area contributed by atoms with Crippen molar-refractivity contribution in [3.8, 4) is 11.8 Å². The van der Waals surface area contributed by atoms with Crippen molar-refractivity contribution in [3.05, 3.63) is 34.9 Å². The molecule has 1 aromatic carbocycles. The number of rotatable bonds is 9. The van der Waals surface area contributed by atoms with Crippen LogP contribution in [-0.2, 0) is 9.53 Å². The lowest BCUT2D eigenvalue weighted by molar-refractivity contribution is -0.109. The average Bonchev–Trinajstić information content (AvgIpc) is 2.58. The van der Waals surface area contributed by atoms with E-state index in [2.05, 4.69) is 34.1 Å². The zero-order valence-electron chi connectivity index (χ0n) is 13.7. The minimum Gasteiger partial charge on any atom is -0.380 e. The van der Waals surface area contributed by atoms with E-state index < -0.39 is 0 Å². The molecule has 1 aromatic rings. The summed E-state index contributed by atoms with van der Waals surface area (Å²) in [5, 5.41) is 10.8. The Morgan fingerprint density at radius 1 is 1.50 bits per heavy atom. The highest BCUT2D eigenvalue weighted by atomic mass is 35.5. The van der Waals surface area contributed by atoms with Crippen molar-refractivity contribution in [2.75, 3.05) is 32.8 Å². The maximum atomic E-state index is 10.4. The Kier molecular flexibility index (Phi) is 9.93. The second-order valence-corrected chi connectivity index (χ2v) is 5.02. The summed E-state index contributed by atoms with van der Waals surface area (Å²) in [6.45, 7) is 8.03. The first kappa shape index (κ1) is 19.7. The summed E-state index contributed by atoms with van der Waals surface area (Å²) >= 11 is 5.96. The highest BCUT2D eigenvalue weighted by molar-refractivity contribution is 6.30. The van der Waals surface area contributed by atoms with E-state index in [-0.39, 0.29) is 0 Å². The van der Waals surface area contributed by atoms with Crippen LogP contribution in [0.1, 0.15) is 12.5 Å². The van der Waals surface area contributed by atoms with Crippen molar-refractivity contribution in [2.24, 2.45) is 10.2 Å². The minimum atomic E-state index is 0.456. The molecule has 6 nitrogen and oxygen atoms in total. The normalized spacial score (nSPS) is 10.5. The Morgan fingerprint density at radius 2 is 2.33 bits per heavy atom. The number of amidine groups is 1. The molecule has 0 spiro atoms. The summed E-state index contributed by atoms with van der Waals surface area (Å²) in [5.41, 5.74) is 0.773. The van der Waals surface area contributed by atoms with Crippen LogP contribution in [-0.4, -0.2) is 56.7 Å². The van der Waals surface area contributed by atoms with Crippen LogP contribution in [0.3, 0.4) is 0 Å². The van der Waals surface area contributed by atoms with Gasteiger partial charge in [-0.1, -0.05) is 23.6 Å². The van der Waals surface area contributed by atoms with Gasteiger partial charge in [-0.25, -0.2) is 0 Å². The molecule has 0 unspecified atom stereocenters. The summed E-state index contributed by atoms with van der Waals surface area (Å²) in [5.74, 6) is 6.44. The molecule has 0 saturated heterocycles. The van der Waals surface area contributed by atoms with Crippen LogP contribution in [0.25, 0.3) is 0 Å². The molecule has 0 aliphatic carbocycles. The number of hydrogen-bond donors (Lipinski definition) is 1. The van der Waals surface area contributed by atoms with E-state index in [0.29, 0.717) is 50.1 Å². The molecule has 1 rings (SSSR count). The number of hydrogen-bond acceptors (Lipinski definition) is 4. The van der Waals surface area contributed by atoms with E-state index in [0.717, 1.165) is 5.56 Å². The summed E-state index contributed by atoms with van der Waals surface area (Å²) < 4.78 is 5.38. The number of halogens is 1. The molecule has 0 atom stereocenters. The van der Waals surface area contributed by atoms with Crippen LogP contribution in [0, 0.1) is 11.8 Å². The monoisotopic (exact) mass is 348 g/mol. The van der Waals surface area contributed by atoms with E-state index >= 15 is 0 Å². The van der Waals surface area contributed by atoms with Crippen LogP contribution in [0.5, 0.6) is 0 Å². The lowest BCUT2D eigenvalue weighted by Crippen LogP contribution is -2.38. The van der Waals surface area contributed by atoms with Gasteiger partial charge in [0.1, 0.15) is 0 Å². The highest BCUT2D eigenvalue weighted by Gasteiger charge is 2.09. The number of nitrogens with one attached hydrogen (secondary N) is 1. The van der Waals surface area contributed by atoms with Crippen molar-refractivity contribution >= 4 is 30.6 Å². The van der Waals surface area contributed by atoms with Gasteiger partial charge in [0.25, 0.3) is 0 Å². The molecule has 0 aromatic heterocycles. The molecular weight excluding hydrogens is 328 g/mol. The maximum Gasteiger partial charge on any atom is 0.207 e. The molecular formula is C17H21ClN4O2. The molecule has 0 radical (unpaired) electrons. The third kappa shape index (κ3) is 7.77. The molecule has 0 fully saturated rings. The van der Waals surface area contributed by atoms with Crippen LogP contribution < -0.4 is 5.32 Å².